The fourth-order valence-electron chi connectivity index (χ4n) is 2.69. The van der Waals surface area contributed by atoms with Gasteiger partial charge in [0.15, 0.2) is 6.29 Å². The van der Waals surface area contributed by atoms with Gasteiger partial charge in [-0.25, -0.2) is 0 Å². The van der Waals surface area contributed by atoms with Crippen LogP contribution in [0.25, 0.3) is 0 Å². The van der Waals surface area contributed by atoms with Crippen LogP contribution in [0.4, 0.5) is 0 Å². The lowest BCUT2D eigenvalue weighted by Crippen LogP contribution is -2.05. The van der Waals surface area contributed by atoms with Crippen LogP contribution in [0.3, 0.4) is 0 Å². The maximum atomic E-state index is 11.3. The molecule has 0 atom stereocenters. The fourth-order valence-corrected chi connectivity index (χ4v) is 2.69. The second-order valence-electron chi connectivity index (χ2n) is 4.71. The molecule has 94 valence electrons. The smallest absolute Gasteiger partial charge is 0.154 e. The summed E-state index contributed by atoms with van der Waals surface area (Å²) < 4.78 is 0. The summed E-state index contributed by atoms with van der Waals surface area (Å²) in [6.45, 7) is 0. The van der Waals surface area contributed by atoms with Crippen molar-refractivity contribution in [3.8, 4) is 5.75 Å². The number of carbonyl (C=O) groups is 1. The van der Waals surface area contributed by atoms with E-state index in [4.69, 9.17) is 0 Å². The highest BCUT2D eigenvalue weighted by atomic mass is 16.3. The van der Waals surface area contributed by atoms with E-state index in [-0.39, 0.29) is 17.6 Å². The molecule has 0 bridgehead atoms. The first kappa shape index (κ1) is 11.7. The van der Waals surface area contributed by atoms with E-state index in [1.54, 1.807) is 6.07 Å². The highest BCUT2D eigenvalue weighted by Crippen LogP contribution is 2.38. The molecule has 2 nitrogen and oxygen atoms in total. The van der Waals surface area contributed by atoms with E-state index < -0.39 is 0 Å². The van der Waals surface area contributed by atoms with Gasteiger partial charge in [-0.2, -0.15) is 0 Å². The topological polar surface area (TPSA) is 37.3 Å². The van der Waals surface area contributed by atoms with Gasteiger partial charge < -0.3 is 5.11 Å². The number of benzene rings is 1. The molecule has 3 rings (SSSR count). The molecule has 0 fully saturated rings. The highest BCUT2D eigenvalue weighted by molar-refractivity contribution is 5.83. The summed E-state index contributed by atoms with van der Waals surface area (Å²) in [7, 11) is 0. The zero-order valence-corrected chi connectivity index (χ0v) is 10.4. The highest BCUT2D eigenvalue weighted by Gasteiger charge is 2.22. The maximum absolute atomic E-state index is 11.3. The second kappa shape index (κ2) is 4.73. The van der Waals surface area contributed by atoms with Crippen molar-refractivity contribution in [2.24, 2.45) is 0 Å². The first-order valence-electron chi connectivity index (χ1n) is 6.32. The van der Waals surface area contributed by atoms with Crippen LogP contribution < -0.4 is 0 Å². The van der Waals surface area contributed by atoms with E-state index in [0.29, 0.717) is 5.56 Å². The normalized spacial score (nSPS) is 17.7. The molecule has 1 N–H and O–H groups in total. The number of hydrogen-bond donors (Lipinski definition) is 1. The van der Waals surface area contributed by atoms with Crippen molar-refractivity contribution < 1.29 is 9.90 Å². The van der Waals surface area contributed by atoms with Gasteiger partial charge in [-0.1, -0.05) is 54.7 Å². The van der Waals surface area contributed by atoms with Crippen LogP contribution in [0.2, 0.25) is 0 Å². The molecule has 0 unspecified atom stereocenters. The summed E-state index contributed by atoms with van der Waals surface area (Å²) in [4.78, 5) is 11.3. The fraction of sp³-hybridized carbons (Fsp3) is 0.118. The summed E-state index contributed by atoms with van der Waals surface area (Å²) in [5.74, 6) is 0.287. The average molecular weight is 250 g/mol. The Labute approximate surface area is 112 Å². The van der Waals surface area contributed by atoms with E-state index in [2.05, 4.69) is 12.2 Å². The quantitative estimate of drug-likeness (QED) is 0.832. The van der Waals surface area contributed by atoms with E-state index in [1.165, 1.54) is 0 Å². The van der Waals surface area contributed by atoms with Gasteiger partial charge in [-0.15, -0.1) is 0 Å². The third-order valence-electron chi connectivity index (χ3n) is 3.60. The predicted molar refractivity (Wildman–Crippen MR) is 75.5 cm³/mol. The van der Waals surface area contributed by atoms with Crippen LogP contribution in [-0.2, 0) is 0 Å². The number of allylic oxidation sites excluding steroid dienone is 8. The van der Waals surface area contributed by atoms with Crippen molar-refractivity contribution >= 4 is 6.29 Å². The summed E-state index contributed by atoms with van der Waals surface area (Å²) in [5.41, 5.74) is 2.37. The summed E-state index contributed by atoms with van der Waals surface area (Å²) in [5, 5.41) is 9.90. The lowest BCUT2D eigenvalue weighted by molar-refractivity contribution is 0.112. The number of hydrogen-bond acceptors (Lipinski definition) is 2. The third kappa shape index (κ3) is 1.95. The largest absolute Gasteiger partial charge is 0.507 e. The van der Waals surface area contributed by atoms with Crippen molar-refractivity contribution in [3.63, 3.8) is 0 Å². The average Bonchev–Trinajstić information content (AvgIpc) is 3.11. The van der Waals surface area contributed by atoms with Gasteiger partial charge in [-0.3, -0.25) is 4.79 Å². The monoisotopic (exact) mass is 250 g/mol. The van der Waals surface area contributed by atoms with E-state index in [1.807, 2.05) is 42.5 Å². The van der Waals surface area contributed by atoms with Gasteiger partial charge in [0.2, 0.25) is 0 Å². The SMILES string of the molecule is O=Cc1c(O)ccc(C2C=CC=C2)c1C1C=CC=C1. The van der Waals surface area contributed by atoms with Gasteiger partial charge in [0.25, 0.3) is 0 Å². The van der Waals surface area contributed by atoms with Crippen LogP contribution in [0.1, 0.15) is 33.3 Å². The number of rotatable bonds is 3. The number of phenols is 1. The molecular weight excluding hydrogens is 236 g/mol. The molecule has 19 heavy (non-hydrogen) atoms. The number of phenolic OH excluding ortho intramolecular Hbond substituents is 1. The molecule has 0 radical (unpaired) electrons. The van der Waals surface area contributed by atoms with Crippen molar-refractivity contribution in [2.75, 3.05) is 0 Å². The van der Waals surface area contributed by atoms with Gasteiger partial charge in [0.1, 0.15) is 5.75 Å². The molecule has 0 saturated heterocycles. The Morgan fingerprint density at radius 3 is 2.05 bits per heavy atom. The molecule has 1 aromatic carbocycles. The molecule has 0 heterocycles. The number of aromatic hydroxyl groups is 1. The minimum absolute atomic E-state index is 0.0495. The van der Waals surface area contributed by atoms with Crippen molar-refractivity contribution in [3.05, 3.63) is 77.4 Å². The Balaban J connectivity index is 2.20. The Morgan fingerprint density at radius 2 is 1.47 bits per heavy atom. The molecule has 0 aliphatic heterocycles. The first-order chi connectivity index (χ1) is 9.31. The van der Waals surface area contributed by atoms with Crippen molar-refractivity contribution in [1.29, 1.82) is 0 Å². The van der Waals surface area contributed by atoms with Gasteiger partial charge >= 0.3 is 0 Å². The van der Waals surface area contributed by atoms with Crippen LogP contribution in [0, 0.1) is 0 Å². The lowest BCUT2D eigenvalue weighted by Gasteiger charge is -2.19. The summed E-state index contributed by atoms with van der Waals surface area (Å²) >= 11 is 0. The standard InChI is InChI=1S/C17H14O2/c18-11-15-16(19)10-9-14(12-5-1-2-6-12)17(15)13-7-3-4-8-13/h1-13,19H. The van der Waals surface area contributed by atoms with Crippen molar-refractivity contribution in [2.45, 2.75) is 11.8 Å². The lowest BCUT2D eigenvalue weighted by atomic mass is 9.85. The Bertz CT molecular complexity index is 609. The third-order valence-corrected chi connectivity index (χ3v) is 3.60. The second-order valence-corrected chi connectivity index (χ2v) is 4.71. The summed E-state index contributed by atoms with van der Waals surface area (Å²) in [6.07, 6.45) is 16.9. The summed E-state index contributed by atoms with van der Waals surface area (Å²) in [6, 6.07) is 3.51. The Morgan fingerprint density at radius 1 is 0.895 bits per heavy atom. The molecule has 0 amide bonds. The zero-order valence-electron chi connectivity index (χ0n) is 10.4. The molecule has 0 spiro atoms. The van der Waals surface area contributed by atoms with Gasteiger partial charge in [0, 0.05) is 11.8 Å². The van der Waals surface area contributed by atoms with E-state index >= 15 is 0 Å². The Kier molecular flexibility index (Phi) is 2.92. The van der Waals surface area contributed by atoms with E-state index in [0.717, 1.165) is 17.4 Å². The van der Waals surface area contributed by atoms with Crippen LogP contribution in [-0.4, -0.2) is 11.4 Å². The van der Waals surface area contributed by atoms with Gasteiger partial charge in [-0.05, 0) is 17.2 Å². The Hall–Kier alpha value is -2.35. The van der Waals surface area contributed by atoms with Crippen LogP contribution in [0.5, 0.6) is 5.75 Å². The molecule has 2 aliphatic carbocycles. The molecule has 0 saturated carbocycles. The maximum Gasteiger partial charge on any atom is 0.154 e. The van der Waals surface area contributed by atoms with Gasteiger partial charge in [0.05, 0.1) is 5.56 Å². The zero-order chi connectivity index (χ0) is 13.2. The molecule has 0 aromatic heterocycles. The molecule has 2 aliphatic rings. The minimum atomic E-state index is 0.0495. The molecule has 2 heteroatoms. The molecular formula is C17H14O2. The van der Waals surface area contributed by atoms with Crippen LogP contribution >= 0.6 is 0 Å². The van der Waals surface area contributed by atoms with Crippen molar-refractivity contribution in [1.82, 2.24) is 0 Å². The number of carbonyl (C=O) groups excluding carboxylic acids is 1. The van der Waals surface area contributed by atoms with E-state index in [9.17, 15) is 9.90 Å². The van der Waals surface area contributed by atoms with Crippen LogP contribution in [0.15, 0.2) is 60.7 Å². The number of aldehydes is 1. The minimum Gasteiger partial charge on any atom is -0.507 e. The molecule has 1 aromatic rings. The predicted octanol–water partition coefficient (Wildman–Crippen LogP) is 3.62. The first-order valence-corrected chi connectivity index (χ1v) is 6.32.